The maximum absolute atomic E-state index is 11.4. The van der Waals surface area contributed by atoms with Crippen LogP contribution in [0.4, 0.5) is 0 Å². The molecule has 0 atom stereocenters. The highest BCUT2D eigenvalue weighted by Gasteiger charge is 2.35. The maximum Gasteiger partial charge on any atom is 0.152 e. The summed E-state index contributed by atoms with van der Waals surface area (Å²) >= 11 is 0. The molecule has 0 aliphatic carbocycles. The van der Waals surface area contributed by atoms with Crippen LogP contribution < -0.4 is 5.32 Å². The number of hydrogen-bond donors (Lipinski definition) is 1. The molecular weight excluding hydrogens is 252 g/mol. The summed E-state index contributed by atoms with van der Waals surface area (Å²) < 4.78 is 28.3. The molecule has 106 valence electrons. The lowest BCUT2D eigenvalue weighted by Gasteiger charge is -2.41. The monoisotopic (exact) mass is 276 g/mol. The highest BCUT2D eigenvalue weighted by atomic mass is 32.2. The molecule has 2 aliphatic rings. The van der Waals surface area contributed by atoms with Crippen molar-refractivity contribution in [1.82, 2.24) is 10.2 Å². The van der Waals surface area contributed by atoms with Crippen molar-refractivity contribution < 1.29 is 13.2 Å². The van der Waals surface area contributed by atoms with Gasteiger partial charge in [0.15, 0.2) is 9.84 Å². The van der Waals surface area contributed by atoms with Crippen LogP contribution in [-0.2, 0) is 14.6 Å². The lowest BCUT2D eigenvalue weighted by molar-refractivity contribution is 0.0244. The summed E-state index contributed by atoms with van der Waals surface area (Å²) in [5.41, 5.74) is 0.209. The van der Waals surface area contributed by atoms with Gasteiger partial charge in [-0.05, 0) is 25.9 Å². The number of nitrogens with zero attached hydrogens (tertiary/aromatic N) is 1. The first kappa shape index (κ1) is 14.2. The summed E-state index contributed by atoms with van der Waals surface area (Å²) in [6, 6.07) is 0. The van der Waals surface area contributed by atoms with E-state index in [2.05, 4.69) is 10.2 Å². The van der Waals surface area contributed by atoms with E-state index < -0.39 is 9.84 Å². The molecule has 1 N–H and O–H groups in total. The Bertz CT molecular complexity index is 344. The van der Waals surface area contributed by atoms with E-state index in [0.29, 0.717) is 24.6 Å². The highest BCUT2D eigenvalue weighted by Crippen LogP contribution is 2.30. The summed E-state index contributed by atoms with van der Waals surface area (Å²) in [5, 5.41) is 3.38. The van der Waals surface area contributed by atoms with Crippen LogP contribution in [0.5, 0.6) is 0 Å². The van der Waals surface area contributed by atoms with Crippen molar-refractivity contribution in [1.29, 1.82) is 0 Å². The Hall–Kier alpha value is -0.170. The zero-order valence-corrected chi connectivity index (χ0v) is 12.0. The minimum absolute atomic E-state index is 0.209. The fraction of sp³-hybridized carbons (Fsp3) is 1.00. The van der Waals surface area contributed by atoms with Crippen LogP contribution in [0, 0.1) is 5.41 Å². The Labute approximate surface area is 110 Å². The van der Waals surface area contributed by atoms with Gasteiger partial charge in [-0.25, -0.2) is 8.42 Å². The third-order valence-electron chi connectivity index (χ3n) is 4.11. The molecule has 2 aliphatic heterocycles. The van der Waals surface area contributed by atoms with Crippen molar-refractivity contribution in [2.75, 3.05) is 57.9 Å². The van der Waals surface area contributed by atoms with E-state index in [9.17, 15) is 8.42 Å². The third-order valence-corrected chi connectivity index (χ3v) is 5.72. The van der Waals surface area contributed by atoms with Gasteiger partial charge in [0.25, 0.3) is 0 Å². The number of nitrogens with one attached hydrogen (secondary N) is 1. The number of methoxy groups -OCH3 is 1. The maximum atomic E-state index is 11.4. The molecule has 0 amide bonds. The molecule has 0 saturated carbocycles. The van der Waals surface area contributed by atoms with Gasteiger partial charge < -0.3 is 15.0 Å². The molecule has 2 saturated heterocycles. The van der Waals surface area contributed by atoms with Crippen LogP contribution in [0.15, 0.2) is 0 Å². The molecule has 0 unspecified atom stereocenters. The van der Waals surface area contributed by atoms with Gasteiger partial charge in [0.2, 0.25) is 0 Å². The standard InChI is InChI=1S/C12H24N2O3S/c1-17-11-12(2-4-13-5-3-12)10-14-6-8-18(15,16)9-7-14/h13H,2-11H2,1H3. The van der Waals surface area contributed by atoms with Gasteiger partial charge in [0.05, 0.1) is 18.1 Å². The Morgan fingerprint density at radius 1 is 1.22 bits per heavy atom. The summed E-state index contributed by atoms with van der Waals surface area (Å²) in [6.45, 7) is 5.18. The quantitative estimate of drug-likeness (QED) is 0.766. The zero-order chi connectivity index (χ0) is 13.1. The van der Waals surface area contributed by atoms with Crippen molar-refractivity contribution in [2.45, 2.75) is 12.8 Å². The average molecular weight is 276 g/mol. The Kier molecular flexibility index (Phi) is 4.64. The second-order valence-electron chi connectivity index (χ2n) is 5.61. The van der Waals surface area contributed by atoms with E-state index in [1.165, 1.54) is 0 Å². The van der Waals surface area contributed by atoms with Crippen molar-refractivity contribution in [2.24, 2.45) is 5.41 Å². The number of piperidine rings is 1. The summed E-state index contributed by atoms with van der Waals surface area (Å²) in [7, 11) is -1.02. The van der Waals surface area contributed by atoms with Crippen LogP contribution in [0.3, 0.4) is 0 Å². The van der Waals surface area contributed by atoms with Crippen LogP contribution in [0.25, 0.3) is 0 Å². The molecule has 18 heavy (non-hydrogen) atoms. The predicted molar refractivity (Wildman–Crippen MR) is 71.5 cm³/mol. The summed E-state index contributed by atoms with van der Waals surface area (Å²) in [4.78, 5) is 2.30. The van der Waals surface area contributed by atoms with Crippen LogP contribution in [0.1, 0.15) is 12.8 Å². The second-order valence-corrected chi connectivity index (χ2v) is 7.91. The molecule has 0 bridgehead atoms. The fourth-order valence-corrected chi connectivity index (χ4v) is 4.27. The van der Waals surface area contributed by atoms with Crippen LogP contribution in [-0.4, -0.2) is 71.3 Å². The first-order chi connectivity index (χ1) is 8.55. The Morgan fingerprint density at radius 3 is 2.39 bits per heavy atom. The van der Waals surface area contributed by atoms with E-state index in [1.807, 2.05) is 0 Å². The van der Waals surface area contributed by atoms with E-state index >= 15 is 0 Å². The highest BCUT2D eigenvalue weighted by molar-refractivity contribution is 7.91. The average Bonchev–Trinajstić information content (AvgIpc) is 2.34. The second kappa shape index (κ2) is 5.86. The molecule has 0 aromatic carbocycles. The number of rotatable bonds is 4. The molecular formula is C12H24N2O3S. The number of sulfone groups is 1. The van der Waals surface area contributed by atoms with Gasteiger partial charge in [-0.15, -0.1) is 0 Å². The molecule has 2 fully saturated rings. The molecule has 0 spiro atoms. The largest absolute Gasteiger partial charge is 0.384 e. The van der Waals surface area contributed by atoms with E-state index in [4.69, 9.17) is 4.74 Å². The van der Waals surface area contributed by atoms with Gasteiger partial charge >= 0.3 is 0 Å². The third kappa shape index (κ3) is 3.66. The molecule has 0 radical (unpaired) electrons. The lowest BCUT2D eigenvalue weighted by atomic mass is 9.79. The van der Waals surface area contributed by atoms with E-state index in [0.717, 1.165) is 39.1 Å². The molecule has 0 aromatic heterocycles. The smallest absolute Gasteiger partial charge is 0.152 e. The van der Waals surface area contributed by atoms with Crippen LogP contribution in [0.2, 0.25) is 0 Å². The molecule has 0 aromatic rings. The van der Waals surface area contributed by atoms with Gasteiger partial charge in [0.1, 0.15) is 0 Å². The van der Waals surface area contributed by atoms with Crippen molar-refractivity contribution in [3.8, 4) is 0 Å². The molecule has 6 heteroatoms. The molecule has 5 nitrogen and oxygen atoms in total. The minimum atomic E-state index is -2.77. The van der Waals surface area contributed by atoms with Crippen molar-refractivity contribution >= 4 is 9.84 Å². The van der Waals surface area contributed by atoms with Gasteiger partial charge in [-0.1, -0.05) is 0 Å². The van der Waals surface area contributed by atoms with E-state index in [1.54, 1.807) is 7.11 Å². The lowest BCUT2D eigenvalue weighted by Crippen LogP contribution is -2.50. The number of ether oxygens (including phenoxy) is 1. The topological polar surface area (TPSA) is 58.6 Å². The van der Waals surface area contributed by atoms with Gasteiger partial charge in [-0.2, -0.15) is 0 Å². The normalized spacial score (nSPS) is 28.1. The summed E-state index contributed by atoms with van der Waals surface area (Å²) in [6.07, 6.45) is 2.23. The Morgan fingerprint density at radius 2 is 1.83 bits per heavy atom. The van der Waals surface area contributed by atoms with Gasteiger partial charge in [0, 0.05) is 32.2 Å². The first-order valence-electron chi connectivity index (χ1n) is 6.68. The molecule has 2 heterocycles. The van der Waals surface area contributed by atoms with Crippen LogP contribution >= 0.6 is 0 Å². The molecule has 2 rings (SSSR count). The summed E-state index contributed by atoms with van der Waals surface area (Å²) in [5.74, 6) is 0.628. The fourth-order valence-electron chi connectivity index (χ4n) is 2.99. The minimum Gasteiger partial charge on any atom is -0.384 e. The number of hydrogen-bond acceptors (Lipinski definition) is 5. The SMILES string of the molecule is COCC1(CN2CCS(=O)(=O)CC2)CCNCC1. The zero-order valence-electron chi connectivity index (χ0n) is 11.2. The van der Waals surface area contributed by atoms with Crippen molar-refractivity contribution in [3.05, 3.63) is 0 Å². The van der Waals surface area contributed by atoms with E-state index in [-0.39, 0.29) is 5.41 Å². The first-order valence-corrected chi connectivity index (χ1v) is 8.50. The van der Waals surface area contributed by atoms with Crippen molar-refractivity contribution in [3.63, 3.8) is 0 Å². The van der Waals surface area contributed by atoms with Gasteiger partial charge in [-0.3, -0.25) is 0 Å². The Balaban J connectivity index is 1.93. The predicted octanol–water partition coefficient (Wildman–Crippen LogP) is -0.267.